The van der Waals surface area contributed by atoms with E-state index in [1.165, 1.54) is 6.26 Å². The maximum absolute atomic E-state index is 12.9. The topological polar surface area (TPSA) is 100 Å². The molecule has 0 unspecified atom stereocenters. The van der Waals surface area contributed by atoms with Gasteiger partial charge in [-0.1, -0.05) is 18.2 Å². The Morgan fingerprint density at radius 3 is 2.54 bits per heavy atom. The van der Waals surface area contributed by atoms with Crippen LogP contribution in [-0.4, -0.2) is 48.5 Å². The summed E-state index contributed by atoms with van der Waals surface area (Å²) in [5, 5.41) is 0.440. The smallest absolute Gasteiger partial charge is 0.289 e. The monoisotopic (exact) mass is 397 g/mol. The zero-order chi connectivity index (χ0) is 19.9. The van der Waals surface area contributed by atoms with Gasteiger partial charge in [-0.2, -0.15) is 0 Å². The second-order valence-corrected chi connectivity index (χ2v) is 8.94. The summed E-state index contributed by atoms with van der Waals surface area (Å²) in [6.45, 7) is 0.899. The molecule has 0 radical (unpaired) electrons. The number of hydrogen-bond donors (Lipinski definition) is 1. The molecule has 8 heteroatoms. The summed E-state index contributed by atoms with van der Waals surface area (Å²) in [5.74, 6) is -0.314. The van der Waals surface area contributed by atoms with Crippen LogP contribution in [-0.2, 0) is 22.7 Å². The Morgan fingerprint density at radius 1 is 1.07 bits per heavy atom. The first kappa shape index (κ1) is 18.4. The molecule has 144 valence electrons. The van der Waals surface area contributed by atoms with Crippen molar-refractivity contribution >= 4 is 26.6 Å². The second kappa shape index (κ2) is 6.87. The van der Waals surface area contributed by atoms with Crippen LogP contribution in [0.5, 0.6) is 0 Å². The molecule has 1 N–H and O–H groups in total. The number of H-pyrrole nitrogens is 1. The maximum atomic E-state index is 12.9. The van der Waals surface area contributed by atoms with Gasteiger partial charge in [0.05, 0.1) is 15.8 Å². The number of nitrogens with zero attached hydrogens (tertiary/aromatic N) is 2. The molecule has 4 rings (SSSR count). The lowest BCUT2D eigenvalue weighted by Crippen LogP contribution is -2.35. The summed E-state index contributed by atoms with van der Waals surface area (Å²) in [6, 6.07) is 12.0. The lowest BCUT2D eigenvalue weighted by molar-refractivity contribution is 0.0751. The van der Waals surface area contributed by atoms with Crippen molar-refractivity contribution in [2.75, 3.05) is 19.3 Å². The first-order chi connectivity index (χ1) is 13.3. The van der Waals surface area contributed by atoms with Gasteiger partial charge in [-0.3, -0.25) is 9.59 Å². The Labute approximate surface area is 162 Å². The number of hydrogen-bond acceptors (Lipinski definition) is 5. The van der Waals surface area contributed by atoms with E-state index in [1.807, 2.05) is 6.07 Å². The van der Waals surface area contributed by atoms with E-state index < -0.39 is 9.84 Å². The van der Waals surface area contributed by atoms with Crippen LogP contribution in [0.3, 0.4) is 0 Å². The van der Waals surface area contributed by atoms with E-state index in [4.69, 9.17) is 0 Å². The second-order valence-electron chi connectivity index (χ2n) is 6.93. The Balaban J connectivity index is 1.61. The van der Waals surface area contributed by atoms with E-state index in [2.05, 4.69) is 9.97 Å². The lowest BCUT2D eigenvalue weighted by Gasteiger charge is -2.19. The van der Waals surface area contributed by atoms with Gasteiger partial charge in [0.25, 0.3) is 11.5 Å². The highest BCUT2D eigenvalue weighted by Crippen LogP contribution is 2.21. The first-order valence-corrected chi connectivity index (χ1v) is 10.8. The molecule has 0 saturated carbocycles. The number of fused-ring (bicyclic) bond motifs is 2. The Morgan fingerprint density at radius 2 is 1.79 bits per heavy atom. The van der Waals surface area contributed by atoms with Gasteiger partial charge in [0.2, 0.25) is 0 Å². The maximum Gasteiger partial charge on any atom is 0.289 e. The average molecular weight is 397 g/mol. The molecule has 28 heavy (non-hydrogen) atoms. The number of para-hydroxylation sites is 1. The van der Waals surface area contributed by atoms with Crippen LogP contribution < -0.4 is 5.56 Å². The largest absolute Gasteiger partial charge is 0.335 e. The molecule has 1 aliphatic rings. The fourth-order valence-corrected chi connectivity index (χ4v) is 4.14. The van der Waals surface area contributed by atoms with E-state index in [0.717, 1.165) is 11.1 Å². The Bertz CT molecular complexity index is 1250. The van der Waals surface area contributed by atoms with Crippen molar-refractivity contribution < 1.29 is 13.2 Å². The number of nitrogens with one attached hydrogen (secondary N) is 1. The normalized spacial score (nSPS) is 14.5. The minimum Gasteiger partial charge on any atom is -0.335 e. The van der Waals surface area contributed by atoms with Crippen molar-refractivity contribution in [2.24, 2.45) is 0 Å². The third kappa shape index (κ3) is 3.43. The summed E-state index contributed by atoms with van der Waals surface area (Å²) >= 11 is 0. The predicted octanol–water partition coefficient (Wildman–Crippen LogP) is 1.57. The first-order valence-electron chi connectivity index (χ1n) is 8.93. The van der Waals surface area contributed by atoms with Crippen molar-refractivity contribution in [2.45, 2.75) is 17.7 Å². The van der Waals surface area contributed by atoms with Crippen LogP contribution in [0.25, 0.3) is 10.9 Å². The molecular formula is C20H19N3O4S. The van der Waals surface area contributed by atoms with E-state index in [9.17, 15) is 18.0 Å². The van der Waals surface area contributed by atoms with Crippen LogP contribution in [0.15, 0.2) is 52.2 Å². The zero-order valence-corrected chi connectivity index (χ0v) is 16.1. The minimum absolute atomic E-state index is 0.0199. The fourth-order valence-electron chi connectivity index (χ4n) is 3.47. The molecular weight excluding hydrogens is 378 g/mol. The van der Waals surface area contributed by atoms with E-state index in [1.54, 1.807) is 41.3 Å². The molecule has 3 aromatic rings. The van der Waals surface area contributed by atoms with Crippen molar-refractivity contribution in [3.8, 4) is 0 Å². The molecule has 0 saturated heterocycles. The van der Waals surface area contributed by atoms with Gasteiger partial charge < -0.3 is 9.88 Å². The zero-order valence-electron chi connectivity index (χ0n) is 15.3. The Hall–Kier alpha value is -3.00. The van der Waals surface area contributed by atoms with Gasteiger partial charge in [0, 0.05) is 19.3 Å². The lowest BCUT2D eigenvalue weighted by atomic mass is 10.0. The summed E-state index contributed by atoms with van der Waals surface area (Å²) in [6.07, 6.45) is 2.34. The van der Waals surface area contributed by atoms with Crippen LogP contribution >= 0.6 is 0 Å². The molecule has 0 atom stereocenters. The van der Waals surface area contributed by atoms with Crippen molar-refractivity contribution in [3.05, 3.63) is 69.8 Å². The van der Waals surface area contributed by atoms with Gasteiger partial charge in [0.15, 0.2) is 15.7 Å². The van der Waals surface area contributed by atoms with E-state index in [-0.39, 0.29) is 22.2 Å². The molecule has 7 nitrogen and oxygen atoms in total. The van der Waals surface area contributed by atoms with E-state index >= 15 is 0 Å². The molecule has 1 amide bonds. The molecule has 0 bridgehead atoms. The van der Waals surface area contributed by atoms with Gasteiger partial charge in [0.1, 0.15) is 0 Å². The van der Waals surface area contributed by atoms with Gasteiger partial charge in [-0.15, -0.1) is 0 Å². The molecule has 0 spiro atoms. The minimum atomic E-state index is -3.28. The number of amides is 1. The quantitative estimate of drug-likeness (QED) is 0.707. The van der Waals surface area contributed by atoms with E-state index in [0.29, 0.717) is 36.8 Å². The number of rotatable bonds is 2. The third-order valence-electron chi connectivity index (χ3n) is 5.01. The number of carbonyl (C=O) groups excluding carboxylic acids is 1. The number of aromatic amines is 1. The van der Waals surface area contributed by atoms with Gasteiger partial charge >= 0.3 is 0 Å². The van der Waals surface area contributed by atoms with Crippen molar-refractivity contribution in [3.63, 3.8) is 0 Å². The SMILES string of the molecule is CS(=O)(=O)c1ccc2c(c1)CCN(C(=O)c1nc3ccccc3c(=O)[nH]1)CC2. The molecule has 2 aromatic carbocycles. The third-order valence-corrected chi connectivity index (χ3v) is 6.12. The number of aromatic nitrogens is 2. The van der Waals surface area contributed by atoms with Gasteiger partial charge in [-0.05, 0) is 48.2 Å². The van der Waals surface area contributed by atoms with Gasteiger partial charge in [-0.25, -0.2) is 13.4 Å². The van der Waals surface area contributed by atoms with Crippen LogP contribution in [0, 0.1) is 0 Å². The molecule has 0 fully saturated rings. The molecule has 1 aromatic heterocycles. The number of carbonyl (C=O) groups is 1. The summed E-state index contributed by atoms with van der Waals surface area (Å²) in [4.78, 5) is 34.0. The molecule has 2 heterocycles. The summed E-state index contributed by atoms with van der Waals surface area (Å²) in [7, 11) is -3.28. The molecule has 1 aliphatic heterocycles. The fraction of sp³-hybridized carbons (Fsp3) is 0.250. The van der Waals surface area contributed by atoms with Crippen molar-refractivity contribution in [1.29, 1.82) is 0 Å². The average Bonchev–Trinajstić information content (AvgIpc) is 2.89. The summed E-state index contributed by atoms with van der Waals surface area (Å²) in [5.41, 5.74) is 2.09. The highest BCUT2D eigenvalue weighted by molar-refractivity contribution is 7.90. The molecule has 0 aliphatic carbocycles. The number of sulfone groups is 1. The van der Waals surface area contributed by atoms with Crippen LogP contribution in [0.4, 0.5) is 0 Å². The number of benzene rings is 2. The highest BCUT2D eigenvalue weighted by Gasteiger charge is 2.23. The summed E-state index contributed by atoms with van der Waals surface area (Å²) < 4.78 is 23.6. The van der Waals surface area contributed by atoms with Crippen LogP contribution in [0.2, 0.25) is 0 Å². The van der Waals surface area contributed by atoms with Crippen molar-refractivity contribution in [1.82, 2.24) is 14.9 Å². The standard InChI is InChI=1S/C20H19N3O4S/c1-28(26,27)15-7-6-13-8-10-23(11-9-14(13)12-15)20(25)18-21-17-5-3-2-4-16(17)19(24)22-18/h2-7,12H,8-11H2,1H3,(H,21,22,24). The highest BCUT2D eigenvalue weighted by atomic mass is 32.2. The van der Waals surface area contributed by atoms with Crippen LogP contribution in [0.1, 0.15) is 21.7 Å². The predicted molar refractivity (Wildman–Crippen MR) is 105 cm³/mol. The Kier molecular flexibility index (Phi) is 4.50.